The molecule has 164 valence electrons. The number of halogens is 1. The number of para-hydroxylation sites is 1. The Bertz CT molecular complexity index is 914. The van der Waals surface area contributed by atoms with Crippen LogP contribution in [0, 0.1) is 0 Å². The van der Waals surface area contributed by atoms with Crippen molar-refractivity contribution in [1.82, 2.24) is 9.80 Å². The van der Waals surface area contributed by atoms with Gasteiger partial charge in [0.25, 0.3) is 0 Å². The molecule has 1 heterocycles. The van der Waals surface area contributed by atoms with Crippen molar-refractivity contribution in [3.05, 3.63) is 65.2 Å². The van der Waals surface area contributed by atoms with E-state index in [0.717, 1.165) is 11.3 Å². The molecule has 8 heteroatoms. The number of nitrogens with two attached hydrogens (primary N) is 1. The van der Waals surface area contributed by atoms with Gasteiger partial charge in [0.1, 0.15) is 0 Å². The predicted molar refractivity (Wildman–Crippen MR) is 121 cm³/mol. The van der Waals surface area contributed by atoms with Crippen LogP contribution < -0.4 is 10.6 Å². The molecule has 3 amide bonds. The SMILES string of the molecule is NC(=O)CCN(C(=O)CN1CCN(C(=O)Cc2ccccc2Cl)CC1)c1ccccc1. The summed E-state index contributed by atoms with van der Waals surface area (Å²) in [6.07, 6.45) is 0.373. The van der Waals surface area contributed by atoms with Gasteiger partial charge in [-0.25, -0.2) is 0 Å². The highest BCUT2D eigenvalue weighted by Gasteiger charge is 2.25. The monoisotopic (exact) mass is 442 g/mol. The molecule has 0 bridgehead atoms. The molecule has 0 spiro atoms. The summed E-state index contributed by atoms with van der Waals surface area (Å²) in [7, 11) is 0. The smallest absolute Gasteiger partial charge is 0.241 e. The van der Waals surface area contributed by atoms with Crippen molar-refractivity contribution in [2.45, 2.75) is 12.8 Å². The van der Waals surface area contributed by atoms with E-state index in [4.69, 9.17) is 17.3 Å². The fourth-order valence-corrected chi connectivity index (χ4v) is 3.78. The van der Waals surface area contributed by atoms with Gasteiger partial charge in [-0.3, -0.25) is 19.3 Å². The molecular weight excluding hydrogens is 416 g/mol. The molecule has 0 aliphatic carbocycles. The standard InChI is InChI=1S/C23H27ClN4O3/c24-20-9-5-4-6-18(20)16-22(30)27-14-12-26(13-15-27)17-23(31)28(11-10-21(25)29)19-7-2-1-3-8-19/h1-9H,10-17H2,(H2,25,29). The minimum absolute atomic E-state index is 0.0337. The second-order valence-corrected chi connectivity index (χ2v) is 7.93. The highest BCUT2D eigenvalue weighted by molar-refractivity contribution is 6.31. The number of amides is 3. The maximum atomic E-state index is 13.0. The van der Waals surface area contributed by atoms with Gasteiger partial charge in [-0.2, -0.15) is 0 Å². The van der Waals surface area contributed by atoms with Crippen molar-refractivity contribution < 1.29 is 14.4 Å². The fourth-order valence-electron chi connectivity index (χ4n) is 3.58. The number of carbonyl (C=O) groups is 3. The average molecular weight is 443 g/mol. The summed E-state index contributed by atoms with van der Waals surface area (Å²) >= 11 is 6.16. The topological polar surface area (TPSA) is 86.9 Å². The zero-order valence-corrected chi connectivity index (χ0v) is 18.1. The number of benzene rings is 2. The van der Waals surface area contributed by atoms with Crippen LogP contribution in [0.4, 0.5) is 5.69 Å². The summed E-state index contributed by atoms with van der Waals surface area (Å²) in [4.78, 5) is 42.2. The molecule has 3 rings (SSSR count). The van der Waals surface area contributed by atoms with Gasteiger partial charge in [-0.15, -0.1) is 0 Å². The van der Waals surface area contributed by atoms with E-state index in [2.05, 4.69) is 0 Å². The highest BCUT2D eigenvalue weighted by Crippen LogP contribution is 2.18. The molecule has 1 aliphatic heterocycles. The van der Waals surface area contributed by atoms with Gasteiger partial charge in [0.15, 0.2) is 0 Å². The van der Waals surface area contributed by atoms with Crippen molar-refractivity contribution in [3.63, 3.8) is 0 Å². The van der Waals surface area contributed by atoms with Crippen LogP contribution in [-0.2, 0) is 20.8 Å². The number of rotatable bonds is 8. The Morgan fingerprint density at radius 1 is 0.935 bits per heavy atom. The zero-order valence-electron chi connectivity index (χ0n) is 17.4. The van der Waals surface area contributed by atoms with Crippen molar-refractivity contribution in [3.8, 4) is 0 Å². The molecule has 2 aromatic rings. The summed E-state index contributed by atoms with van der Waals surface area (Å²) in [5.74, 6) is -0.505. The first-order valence-corrected chi connectivity index (χ1v) is 10.7. The molecule has 1 aliphatic rings. The summed E-state index contributed by atoms with van der Waals surface area (Å²) in [5.41, 5.74) is 6.84. The van der Waals surface area contributed by atoms with Crippen LogP contribution in [0.25, 0.3) is 0 Å². The molecule has 0 unspecified atom stereocenters. The number of hydrogen-bond acceptors (Lipinski definition) is 4. The molecule has 2 N–H and O–H groups in total. The lowest BCUT2D eigenvalue weighted by atomic mass is 10.1. The largest absolute Gasteiger partial charge is 0.370 e. The Morgan fingerprint density at radius 2 is 1.58 bits per heavy atom. The molecule has 0 atom stereocenters. The molecule has 7 nitrogen and oxygen atoms in total. The number of nitrogens with zero attached hydrogens (tertiary/aromatic N) is 3. The van der Waals surface area contributed by atoms with Gasteiger partial charge in [-0.1, -0.05) is 48.0 Å². The minimum Gasteiger partial charge on any atom is -0.370 e. The first-order chi connectivity index (χ1) is 14.9. The zero-order chi connectivity index (χ0) is 22.2. The third-order valence-electron chi connectivity index (χ3n) is 5.33. The molecule has 0 aromatic heterocycles. The lowest BCUT2D eigenvalue weighted by Crippen LogP contribution is -2.52. The number of primary amides is 1. The Balaban J connectivity index is 1.54. The third kappa shape index (κ3) is 6.54. The van der Waals surface area contributed by atoms with E-state index in [1.165, 1.54) is 0 Å². The van der Waals surface area contributed by atoms with E-state index >= 15 is 0 Å². The molecule has 1 saturated heterocycles. The van der Waals surface area contributed by atoms with Crippen LogP contribution in [0.1, 0.15) is 12.0 Å². The summed E-state index contributed by atoms with van der Waals surface area (Å²) in [6.45, 7) is 2.80. The first kappa shape index (κ1) is 22.8. The molecule has 2 aromatic carbocycles. The maximum absolute atomic E-state index is 13.0. The summed E-state index contributed by atoms with van der Waals surface area (Å²) in [6, 6.07) is 16.6. The van der Waals surface area contributed by atoms with Crippen LogP contribution in [0.2, 0.25) is 5.02 Å². The molecule has 0 saturated carbocycles. The van der Waals surface area contributed by atoms with Gasteiger partial charge < -0.3 is 15.5 Å². The fraction of sp³-hybridized carbons (Fsp3) is 0.348. The quantitative estimate of drug-likeness (QED) is 0.676. The van der Waals surface area contributed by atoms with Crippen molar-refractivity contribution in [1.29, 1.82) is 0 Å². The van der Waals surface area contributed by atoms with Crippen LogP contribution in [0.5, 0.6) is 0 Å². The molecule has 31 heavy (non-hydrogen) atoms. The van der Waals surface area contributed by atoms with E-state index in [1.807, 2.05) is 58.3 Å². The van der Waals surface area contributed by atoms with Crippen molar-refractivity contribution in [2.75, 3.05) is 44.2 Å². The summed E-state index contributed by atoms with van der Waals surface area (Å²) in [5, 5.41) is 0.594. The van der Waals surface area contributed by atoms with E-state index < -0.39 is 5.91 Å². The number of hydrogen-bond donors (Lipinski definition) is 1. The second-order valence-electron chi connectivity index (χ2n) is 7.52. The minimum atomic E-state index is -0.445. The van der Waals surface area contributed by atoms with Crippen molar-refractivity contribution >= 4 is 35.0 Å². The maximum Gasteiger partial charge on any atom is 0.241 e. The second kappa shape index (κ2) is 10.9. The lowest BCUT2D eigenvalue weighted by molar-refractivity contribution is -0.132. The van der Waals surface area contributed by atoms with Gasteiger partial charge in [0.05, 0.1) is 13.0 Å². The Labute approximate surface area is 187 Å². The van der Waals surface area contributed by atoms with Crippen LogP contribution in [-0.4, -0.2) is 66.8 Å². The number of anilines is 1. The first-order valence-electron chi connectivity index (χ1n) is 10.3. The lowest BCUT2D eigenvalue weighted by Gasteiger charge is -2.35. The Kier molecular flexibility index (Phi) is 8.03. The van der Waals surface area contributed by atoms with Gasteiger partial charge in [0, 0.05) is 49.9 Å². The van der Waals surface area contributed by atoms with Gasteiger partial charge in [-0.05, 0) is 23.8 Å². The van der Waals surface area contributed by atoms with Gasteiger partial charge in [0.2, 0.25) is 17.7 Å². The van der Waals surface area contributed by atoms with Crippen LogP contribution >= 0.6 is 11.6 Å². The third-order valence-corrected chi connectivity index (χ3v) is 5.70. The van der Waals surface area contributed by atoms with E-state index in [0.29, 0.717) is 31.2 Å². The van der Waals surface area contributed by atoms with Crippen molar-refractivity contribution in [2.24, 2.45) is 5.73 Å². The van der Waals surface area contributed by atoms with E-state index in [1.54, 1.807) is 11.0 Å². The Morgan fingerprint density at radius 3 is 2.23 bits per heavy atom. The molecular formula is C23H27ClN4O3. The normalized spacial score (nSPS) is 14.3. The Hall–Kier alpha value is -2.90. The summed E-state index contributed by atoms with van der Waals surface area (Å²) < 4.78 is 0. The number of piperazine rings is 1. The average Bonchev–Trinajstić information content (AvgIpc) is 2.76. The van der Waals surface area contributed by atoms with Crippen LogP contribution in [0.15, 0.2) is 54.6 Å². The van der Waals surface area contributed by atoms with E-state index in [-0.39, 0.29) is 37.7 Å². The predicted octanol–water partition coefficient (Wildman–Crippen LogP) is 1.94. The highest BCUT2D eigenvalue weighted by atomic mass is 35.5. The van der Waals surface area contributed by atoms with Crippen LogP contribution in [0.3, 0.4) is 0 Å². The number of carbonyl (C=O) groups excluding carboxylic acids is 3. The van der Waals surface area contributed by atoms with Gasteiger partial charge >= 0.3 is 0 Å². The molecule has 0 radical (unpaired) electrons. The van der Waals surface area contributed by atoms with E-state index in [9.17, 15) is 14.4 Å². The molecule has 1 fully saturated rings.